The largest absolute Gasteiger partial charge is 0.462 e. The fourth-order valence-corrected chi connectivity index (χ4v) is 1.94. The molecule has 0 aliphatic carbocycles. The van der Waals surface area contributed by atoms with Crippen LogP contribution in [0.2, 0.25) is 5.02 Å². The second kappa shape index (κ2) is 4.93. The van der Waals surface area contributed by atoms with Crippen LogP contribution in [0.15, 0.2) is 12.1 Å². The number of carbonyl (C=O) groups excluding carboxylic acids is 1. The van der Waals surface area contributed by atoms with Crippen molar-refractivity contribution in [1.82, 2.24) is 0 Å². The molecule has 0 saturated carbocycles. The molecule has 0 amide bonds. The van der Waals surface area contributed by atoms with E-state index >= 15 is 0 Å². The van der Waals surface area contributed by atoms with Crippen LogP contribution in [0, 0.1) is 9.39 Å². The van der Waals surface area contributed by atoms with Crippen molar-refractivity contribution in [3.8, 4) is 0 Å². The molecule has 14 heavy (non-hydrogen) atoms. The first kappa shape index (κ1) is 11.7. The molecule has 0 radical (unpaired) electrons. The number of benzene rings is 1. The van der Waals surface area contributed by atoms with Gasteiger partial charge in [0.05, 0.1) is 15.7 Å². The normalized spacial score (nSPS) is 10.0. The lowest BCUT2D eigenvalue weighted by atomic mass is 10.2. The van der Waals surface area contributed by atoms with Crippen LogP contribution in [0.3, 0.4) is 0 Å². The van der Waals surface area contributed by atoms with Gasteiger partial charge < -0.3 is 4.74 Å². The molecule has 0 atom stereocenters. The lowest BCUT2D eigenvalue weighted by molar-refractivity contribution is 0.0521. The highest BCUT2D eigenvalue weighted by molar-refractivity contribution is 14.1. The Morgan fingerprint density at radius 1 is 1.64 bits per heavy atom. The third-order valence-electron chi connectivity index (χ3n) is 1.49. The van der Waals surface area contributed by atoms with Gasteiger partial charge in [0, 0.05) is 5.02 Å². The van der Waals surface area contributed by atoms with Gasteiger partial charge in [-0.2, -0.15) is 0 Å². The van der Waals surface area contributed by atoms with E-state index in [1.165, 1.54) is 12.1 Å². The van der Waals surface area contributed by atoms with Crippen molar-refractivity contribution in [3.05, 3.63) is 32.1 Å². The van der Waals surface area contributed by atoms with Crippen LogP contribution in [0.1, 0.15) is 17.3 Å². The molecule has 1 aromatic rings. The van der Waals surface area contributed by atoms with Crippen LogP contribution in [-0.2, 0) is 4.74 Å². The van der Waals surface area contributed by atoms with Gasteiger partial charge in [-0.3, -0.25) is 0 Å². The van der Waals surface area contributed by atoms with E-state index in [-0.39, 0.29) is 12.2 Å². The van der Waals surface area contributed by atoms with Crippen LogP contribution in [0.5, 0.6) is 0 Å². The van der Waals surface area contributed by atoms with Gasteiger partial charge in [-0.1, -0.05) is 11.6 Å². The van der Waals surface area contributed by atoms with Crippen molar-refractivity contribution >= 4 is 40.2 Å². The zero-order chi connectivity index (χ0) is 10.7. The molecule has 1 aromatic carbocycles. The highest BCUT2D eigenvalue weighted by Crippen LogP contribution is 2.21. The van der Waals surface area contributed by atoms with E-state index in [9.17, 15) is 9.18 Å². The van der Waals surface area contributed by atoms with Crippen molar-refractivity contribution in [3.63, 3.8) is 0 Å². The molecule has 0 unspecified atom stereocenters. The molecular weight excluding hydrogens is 321 g/mol. The molecule has 1 rings (SSSR count). The molecule has 5 heteroatoms. The third-order valence-corrected chi connectivity index (χ3v) is 2.49. The predicted octanol–water partition coefficient (Wildman–Crippen LogP) is 3.26. The fourth-order valence-electron chi connectivity index (χ4n) is 0.913. The van der Waals surface area contributed by atoms with Gasteiger partial charge in [0.15, 0.2) is 5.82 Å². The van der Waals surface area contributed by atoms with Crippen molar-refractivity contribution in [2.24, 2.45) is 0 Å². The van der Waals surface area contributed by atoms with Crippen LogP contribution in [-0.4, -0.2) is 12.6 Å². The maximum Gasteiger partial charge on any atom is 0.341 e. The zero-order valence-corrected chi connectivity index (χ0v) is 10.2. The SMILES string of the molecule is CCOC(=O)c1cc(Cl)cc(I)c1F. The van der Waals surface area contributed by atoms with Gasteiger partial charge in [-0.05, 0) is 41.6 Å². The van der Waals surface area contributed by atoms with Crippen LogP contribution < -0.4 is 0 Å². The first-order valence-electron chi connectivity index (χ1n) is 3.88. The number of halogens is 3. The van der Waals surface area contributed by atoms with Crippen molar-refractivity contribution < 1.29 is 13.9 Å². The van der Waals surface area contributed by atoms with Crippen LogP contribution >= 0.6 is 34.2 Å². The number of hydrogen-bond donors (Lipinski definition) is 0. The minimum atomic E-state index is -0.689. The van der Waals surface area contributed by atoms with E-state index in [1.54, 1.807) is 29.5 Å². The van der Waals surface area contributed by atoms with Crippen LogP contribution in [0.25, 0.3) is 0 Å². The van der Waals surface area contributed by atoms with E-state index in [1.807, 2.05) is 0 Å². The zero-order valence-electron chi connectivity index (χ0n) is 7.31. The minimum absolute atomic E-state index is 0.122. The number of carbonyl (C=O) groups is 1. The smallest absolute Gasteiger partial charge is 0.341 e. The summed E-state index contributed by atoms with van der Waals surface area (Å²) in [5.41, 5.74) is -0.122. The second-order valence-corrected chi connectivity index (χ2v) is 4.07. The van der Waals surface area contributed by atoms with Gasteiger partial charge in [0.2, 0.25) is 0 Å². The summed E-state index contributed by atoms with van der Waals surface area (Å²) in [7, 11) is 0. The molecule has 0 saturated heterocycles. The van der Waals surface area contributed by atoms with Crippen LogP contribution in [0.4, 0.5) is 4.39 Å². The first-order valence-corrected chi connectivity index (χ1v) is 5.33. The van der Waals surface area contributed by atoms with E-state index in [4.69, 9.17) is 11.6 Å². The lowest BCUT2D eigenvalue weighted by Crippen LogP contribution is -2.08. The maximum atomic E-state index is 13.4. The van der Waals surface area contributed by atoms with E-state index < -0.39 is 11.8 Å². The van der Waals surface area contributed by atoms with Gasteiger partial charge >= 0.3 is 5.97 Å². The van der Waals surface area contributed by atoms with E-state index in [0.29, 0.717) is 8.59 Å². The Hall–Kier alpha value is -0.360. The van der Waals surface area contributed by atoms with Gasteiger partial charge in [0.1, 0.15) is 0 Å². The molecule has 0 N–H and O–H groups in total. The highest BCUT2D eigenvalue weighted by atomic mass is 127. The van der Waals surface area contributed by atoms with Crippen molar-refractivity contribution in [1.29, 1.82) is 0 Å². The number of rotatable bonds is 2. The summed E-state index contributed by atoms with van der Waals surface area (Å²) in [5, 5.41) is 0.318. The standard InChI is InChI=1S/C9H7ClFIO2/c1-2-14-9(13)6-3-5(10)4-7(12)8(6)11/h3-4H,2H2,1H3. The summed E-state index contributed by atoms with van der Waals surface area (Å²) in [6, 6.07) is 2.71. The van der Waals surface area contributed by atoms with E-state index in [0.717, 1.165) is 0 Å². The average Bonchev–Trinajstić information content (AvgIpc) is 2.11. The summed E-state index contributed by atoms with van der Waals surface area (Å²) in [4.78, 5) is 11.2. The van der Waals surface area contributed by atoms with Crippen molar-refractivity contribution in [2.75, 3.05) is 6.61 Å². The van der Waals surface area contributed by atoms with Gasteiger partial charge in [-0.15, -0.1) is 0 Å². The maximum absolute atomic E-state index is 13.4. The molecule has 0 heterocycles. The Balaban J connectivity index is 3.13. The molecule has 0 aromatic heterocycles. The Morgan fingerprint density at radius 2 is 2.29 bits per heavy atom. The fraction of sp³-hybridized carbons (Fsp3) is 0.222. The Kier molecular flexibility index (Phi) is 4.12. The summed E-state index contributed by atoms with van der Waals surface area (Å²) < 4.78 is 18.4. The summed E-state index contributed by atoms with van der Waals surface area (Å²) in [5.74, 6) is -1.28. The molecular formula is C9H7ClFIO2. The quantitative estimate of drug-likeness (QED) is 0.473. The Bertz CT molecular complexity index is 368. The summed E-state index contributed by atoms with van der Waals surface area (Å²) >= 11 is 7.46. The van der Waals surface area contributed by atoms with Crippen molar-refractivity contribution in [2.45, 2.75) is 6.92 Å². The number of esters is 1. The molecule has 0 aliphatic heterocycles. The molecule has 0 spiro atoms. The minimum Gasteiger partial charge on any atom is -0.462 e. The molecule has 0 fully saturated rings. The van der Waals surface area contributed by atoms with Gasteiger partial charge in [0.25, 0.3) is 0 Å². The Labute approximate surface area is 99.5 Å². The lowest BCUT2D eigenvalue weighted by Gasteiger charge is -2.04. The predicted molar refractivity (Wildman–Crippen MR) is 60.1 cm³/mol. The van der Waals surface area contributed by atoms with Gasteiger partial charge in [-0.25, -0.2) is 9.18 Å². The second-order valence-electron chi connectivity index (χ2n) is 2.47. The molecule has 0 bridgehead atoms. The van der Waals surface area contributed by atoms with E-state index in [2.05, 4.69) is 4.74 Å². The molecule has 76 valence electrons. The third kappa shape index (κ3) is 2.57. The highest BCUT2D eigenvalue weighted by Gasteiger charge is 2.16. The topological polar surface area (TPSA) is 26.3 Å². The first-order chi connectivity index (χ1) is 6.56. The summed E-state index contributed by atoms with van der Waals surface area (Å²) in [6.07, 6.45) is 0. The monoisotopic (exact) mass is 328 g/mol. The number of ether oxygens (including phenoxy) is 1. The number of hydrogen-bond acceptors (Lipinski definition) is 2. The summed E-state index contributed by atoms with van der Waals surface area (Å²) in [6.45, 7) is 1.87. The molecule has 2 nitrogen and oxygen atoms in total. The average molecular weight is 329 g/mol. The Morgan fingerprint density at radius 3 is 2.86 bits per heavy atom. The molecule has 0 aliphatic rings.